The van der Waals surface area contributed by atoms with E-state index >= 15 is 0 Å². The van der Waals surface area contributed by atoms with Crippen LogP contribution in [-0.4, -0.2) is 17.5 Å². The molecule has 4 nitrogen and oxygen atoms in total. The van der Waals surface area contributed by atoms with Gasteiger partial charge in [0.2, 0.25) is 5.91 Å². The van der Waals surface area contributed by atoms with Gasteiger partial charge in [-0.05, 0) is 23.1 Å². The van der Waals surface area contributed by atoms with Crippen molar-refractivity contribution in [2.75, 3.05) is 12.0 Å². The summed E-state index contributed by atoms with van der Waals surface area (Å²) in [5.41, 5.74) is 3.23. The van der Waals surface area contributed by atoms with Crippen LogP contribution in [0.15, 0.2) is 60.7 Å². The molecule has 3 aromatic carbocycles. The second-order valence-electron chi connectivity index (χ2n) is 6.37. The molecule has 0 radical (unpaired) electrons. The Labute approximate surface area is 147 Å². The first-order chi connectivity index (χ1) is 12.2. The largest absolute Gasteiger partial charge is 0.478 e. The van der Waals surface area contributed by atoms with Gasteiger partial charge in [-0.1, -0.05) is 48.5 Å². The van der Waals surface area contributed by atoms with E-state index < -0.39 is 0 Å². The number of carbonyl (C=O) groups is 1. The van der Waals surface area contributed by atoms with E-state index in [0.29, 0.717) is 6.73 Å². The van der Waals surface area contributed by atoms with Crippen LogP contribution in [0.4, 0.5) is 5.69 Å². The van der Waals surface area contributed by atoms with Crippen LogP contribution in [0.25, 0.3) is 10.8 Å². The molecule has 1 aliphatic rings. The number of carbonyl (C=O) groups excluding carboxylic acids is 1. The Morgan fingerprint density at radius 3 is 2.72 bits per heavy atom. The molecular weight excluding hydrogens is 312 g/mol. The van der Waals surface area contributed by atoms with Gasteiger partial charge < -0.3 is 10.1 Å². The Kier molecular flexibility index (Phi) is 4.12. The fourth-order valence-corrected chi connectivity index (χ4v) is 3.39. The highest BCUT2D eigenvalue weighted by Gasteiger charge is 2.21. The summed E-state index contributed by atoms with van der Waals surface area (Å²) in [6, 6.07) is 20.4. The molecule has 4 rings (SSSR count). The quantitative estimate of drug-likeness (QED) is 0.783. The maximum absolute atomic E-state index is 11.6. The average Bonchev–Trinajstić information content (AvgIpc) is 2.62. The lowest BCUT2D eigenvalue weighted by Crippen LogP contribution is -2.31. The van der Waals surface area contributed by atoms with Crippen LogP contribution in [0.3, 0.4) is 0 Å². The number of rotatable bonds is 3. The van der Waals surface area contributed by atoms with Gasteiger partial charge in [0.15, 0.2) is 0 Å². The molecule has 0 spiro atoms. The molecule has 0 fully saturated rings. The lowest BCUT2D eigenvalue weighted by atomic mass is 10.00. The Balaban J connectivity index is 1.72. The zero-order valence-electron chi connectivity index (χ0n) is 14.2. The molecule has 0 bridgehead atoms. The van der Waals surface area contributed by atoms with Crippen LogP contribution < -0.4 is 10.1 Å². The number of nitrogens with one attached hydrogen (secondary N) is 1. The first-order valence-corrected chi connectivity index (χ1v) is 8.42. The minimum atomic E-state index is -0.0667. The van der Waals surface area contributed by atoms with E-state index in [9.17, 15) is 4.79 Å². The van der Waals surface area contributed by atoms with Crippen molar-refractivity contribution in [3.05, 3.63) is 71.8 Å². The summed E-state index contributed by atoms with van der Waals surface area (Å²) in [6.07, 6.45) is 0. The van der Waals surface area contributed by atoms with E-state index in [4.69, 9.17) is 4.74 Å². The molecule has 0 unspecified atom stereocenters. The number of anilines is 1. The number of nitrogens with zero attached hydrogens (tertiary/aromatic N) is 1. The summed E-state index contributed by atoms with van der Waals surface area (Å²) in [7, 11) is 0. The second-order valence-corrected chi connectivity index (χ2v) is 6.37. The fourth-order valence-electron chi connectivity index (χ4n) is 3.39. The Morgan fingerprint density at radius 2 is 1.92 bits per heavy atom. The van der Waals surface area contributed by atoms with E-state index in [1.165, 1.54) is 12.5 Å². The number of amides is 1. The molecule has 0 aliphatic carbocycles. The maximum atomic E-state index is 11.6. The molecule has 0 saturated carbocycles. The van der Waals surface area contributed by atoms with Gasteiger partial charge in [-0.25, -0.2) is 0 Å². The van der Waals surface area contributed by atoms with Gasteiger partial charge in [-0.15, -0.1) is 0 Å². The van der Waals surface area contributed by atoms with Gasteiger partial charge in [0, 0.05) is 36.7 Å². The highest BCUT2D eigenvalue weighted by molar-refractivity contribution is 6.04. The van der Waals surface area contributed by atoms with E-state index in [1.807, 2.05) is 30.3 Å². The Bertz CT molecular complexity index is 922. The van der Waals surface area contributed by atoms with E-state index in [2.05, 4.69) is 40.5 Å². The van der Waals surface area contributed by atoms with Crippen molar-refractivity contribution in [2.45, 2.75) is 20.0 Å². The van der Waals surface area contributed by atoms with Gasteiger partial charge in [-0.2, -0.15) is 0 Å². The van der Waals surface area contributed by atoms with Crippen molar-refractivity contribution in [3.8, 4) is 5.75 Å². The highest BCUT2D eigenvalue weighted by Crippen LogP contribution is 2.36. The molecule has 0 saturated heterocycles. The van der Waals surface area contributed by atoms with Crippen molar-refractivity contribution in [3.63, 3.8) is 0 Å². The standard InChI is InChI=1S/C21H20N2O2/c1-15(24)22-19-9-5-8-17-10-11-20-18(21(17)19)13-23(14-25-20)12-16-6-3-2-4-7-16/h2-11H,12-14H2,1H3,(H,22,24). The Hall–Kier alpha value is -2.85. The zero-order chi connectivity index (χ0) is 17.2. The third-order valence-electron chi connectivity index (χ3n) is 4.45. The average molecular weight is 332 g/mol. The SMILES string of the molecule is CC(=O)Nc1cccc2ccc3c(c12)CN(Cc1ccccc1)CO3. The minimum absolute atomic E-state index is 0.0667. The molecule has 1 heterocycles. The van der Waals surface area contributed by atoms with Gasteiger partial charge in [0.1, 0.15) is 12.5 Å². The molecule has 0 atom stereocenters. The molecule has 3 aromatic rings. The highest BCUT2D eigenvalue weighted by atomic mass is 16.5. The minimum Gasteiger partial charge on any atom is -0.478 e. The topological polar surface area (TPSA) is 41.6 Å². The number of hydrogen-bond acceptors (Lipinski definition) is 3. The van der Waals surface area contributed by atoms with Crippen LogP contribution in [0.5, 0.6) is 5.75 Å². The second kappa shape index (κ2) is 6.57. The van der Waals surface area contributed by atoms with Crippen LogP contribution >= 0.6 is 0 Å². The van der Waals surface area contributed by atoms with Crippen LogP contribution in [0, 0.1) is 0 Å². The predicted molar refractivity (Wildman–Crippen MR) is 99.4 cm³/mol. The van der Waals surface area contributed by atoms with Gasteiger partial charge >= 0.3 is 0 Å². The summed E-state index contributed by atoms with van der Waals surface area (Å²) in [4.78, 5) is 13.8. The number of ether oxygens (including phenoxy) is 1. The van der Waals surface area contributed by atoms with Crippen LogP contribution in [-0.2, 0) is 17.9 Å². The Morgan fingerprint density at radius 1 is 1.08 bits per heavy atom. The molecule has 126 valence electrons. The summed E-state index contributed by atoms with van der Waals surface area (Å²) in [5.74, 6) is 0.831. The third-order valence-corrected chi connectivity index (χ3v) is 4.45. The molecule has 1 N–H and O–H groups in total. The smallest absolute Gasteiger partial charge is 0.221 e. The van der Waals surface area contributed by atoms with Gasteiger partial charge in [0.05, 0.1) is 0 Å². The first-order valence-electron chi connectivity index (χ1n) is 8.42. The number of hydrogen-bond donors (Lipinski definition) is 1. The monoisotopic (exact) mass is 332 g/mol. The number of benzene rings is 3. The summed E-state index contributed by atoms with van der Waals surface area (Å²) in [6.45, 7) is 3.72. The maximum Gasteiger partial charge on any atom is 0.221 e. The lowest BCUT2D eigenvalue weighted by molar-refractivity contribution is -0.114. The van der Waals surface area contributed by atoms with Crippen molar-refractivity contribution >= 4 is 22.4 Å². The molecule has 1 aliphatic heterocycles. The van der Waals surface area contributed by atoms with Gasteiger partial charge in [-0.3, -0.25) is 9.69 Å². The van der Waals surface area contributed by atoms with Gasteiger partial charge in [0.25, 0.3) is 0 Å². The van der Waals surface area contributed by atoms with Crippen molar-refractivity contribution < 1.29 is 9.53 Å². The summed E-state index contributed by atoms with van der Waals surface area (Å²) >= 11 is 0. The molecule has 0 aromatic heterocycles. The van der Waals surface area contributed by atoms with E-state index in [0.717, 1.165) is 40.9 Å². The fraction of sp³-hybridized carbons (Fsp3) is 0.190. The third kappa shape index (κ3) is 3.21. The van der Waals surface area contributed by atoms with Crippen molar-refractivity contribution in [1.82, 2.24) is 4.90 Å². The predicted octanol–water partition coefficient (Wildman–Crippen LogP) is 4.15. The molecular formula is C21H20N2O2. The molecule has 25 heavy (non-hydrogen) atoms. The zero-order valence-corrected chi connectivity index (χ0v) is 14.2. The molecule has 1 amide bonds. The first kappa shape index (κ1) is 15.7. The van der Waals surface area contributed by atoms with Crippen molar-refractivity contribution in [1.29, 1.82) is 0 Å². The lowest BCUT2D eigenvalue weighted by Gasteiger charge is -2.30. The summed E-state index contributed by atoms with van der Waals surface area (Å²) < 4.78 is 5.99. The van der Waals surface area contributed by atoms with Crippen molar-refractivity contribution in [2.24, 2.45) is 0 Å². The summed E-state index contributed by atoms with van der Waals surface area (Å²) in [5, 5.41) is 5.12. The number of fused-ring (bicyclic) bond motifs is 3. The van der Waals surface area contributed by atoms with E-state index in [-0.39, 0.29) is 5.91 Å². The van der Waals surface area contributed by atoms with Crippen LogP contribution in [0.1, 0.15) is 18.1 Å². The normalized spacial score (nSPS) is 14.0. The van der Waals surface area contributed by atoms with E-state index in [1.54, 1.807) is 0 Å². The molecule has 4 heteroatoms. The van der Waals surface area contributed by atoms with Crippen LogP contribution in [0.2, 0.25) is 0 Å².